The summed E-state index contributed by atoms with van der Waals surface area (Å²) in [7, 11) is 1.63. The highest BCUT2D eigenvalue weighted by Crippen LogP contribution is 2.24. The number of methoxy groups -OCH3 is 1. The fourth-order valence-electron chi connectivity index (χ4n) is 3.29. The Kier molecular flexibility index (Phi) is 4.29. The van der Waals surface area contributed by atoms with Gasteiger partial charge in [-0.2, -0.15) is 0 Å². The van der Waals surface area contributed by atoms with Crippen LogP contribution in [0.2, 0.25) is 0 Å². The van der Waals surface area contributed by atoms with Gasteiger partial charge in [0.1, 0.15) is 12.4 Å². The molecule has 1 aliphatic heterocycles. The SMILES string of the molecule is COCc1nnc2n1[C@@H](C)CN(C(=O)c1ccc(Cn3ccnc3)o1)C2. The molecule has 0 spiro atoms. The molecule has 0 N–H and O–H groups in total. The lowest BCUT2D eigenvalue weighted by Gasteiger charge is -2.32. The van der Waals surface area contributed by atoms with Crippen molar-refractivity contribution in [2.45, 2.75) is 32.7 Å². The molecular formula is C17H20N6O3. The van der Waals surface area contributed by atoms with Crippen molar-refractivity contribution < 1.29 is 13.9 Å². The molecule has 0 aromatic carbocycles. The Bertz CT molecular complexity index is 898. The Morgan fingerprint density at radius 2 is 2.27 bits per heavy atom. The first-order valence-corrected chi connectivity index (χ1v) is 8.41. The highest BCUT2D eigenvalue weighted by molar-refractivity contribution is 5.91. The second-order valence-electron chi connectivity index (χ2n) is 6.37. The number of carbonyl (C=O) groups is 1. The highest BCUT2D eigenvalue weighted by atomic mass is 16.5. The van der Waals surface area contributed by atoms with Crippen LogP contribution in [0.4, 0.5) is 0 Å². The molecule has 0 bridgehead atoms. The maximum Gasteiger partial charge on any atom is 0.290 e. The summed E-state index contributed by atoms with van der Waals surface area (Å²) in [4.78, 5) is 18.6. The van der Waals surface area contributed by atoms with Gasteiger partial charge in [-0.15, -0.1) is 10.2 Å². The molecule has 4 rings (SSSR count). The van der Waals surface area contributed by atoms with E-state index in [0.717, 1.165) is 11.6 Å². The normalized spacial score (nSPS) is 16.7. The van der Waals surface area contributed by atoms with Crippen molar-refractivity contribution in [2.24, 2.45) is 0 Å². The van der Waals surface area contributed by atoms with Crippen molar-refractivity contribution in [3.8, 4) is 0 Å². The number of hydrogen-bond donors (Lipinski definition) is 0. The van der Waals surface area contributed by atoms with E-state index in [4.69, 9.17) is 9.15 Å². The summed E-state index contributed by atoms with van der Waals surface area (Å²) in [6.07, 6.45) is 5.26. The first-order chi connectivity index (χ1) is 12.7. The number of fused-ring (bicyclic) bond motifs is 1. The fourth-order valence-corrected chi connectivity index (χ4v) is 3.29. The molecule has 0 radical (unpaired) electrons. The Hall–Kier alpha value is -2.94. The molecule has 9 heteroatoms. The molecule has 0 fully saturated rings. The third-order valence-electron chi connectivity index (χ3n) is 4.43. The number of carbonyl (C=O) groups excluding carboxylic acids is 1. The lowest BCUT2D eigenvalue weighted by atomic mass is 10.2. The minimum Gasteiger partial charge on any atom is -0.454 e. The first kappa shape index (κ1) is 16.5. The summed E-state index contributed by atoms with van der Waals surface area (Å²) in [5.74, 6) is 2.44. The Balaban J connectivity index is 1.49. The lowest BCUT2D eigenvalue weighted by Crippen LogP contribution is -2.40. The van der Waals surface area contributed by atoms with Crippen molar-refractivity contribution in [1.29, 1.82) is 0 Å². The van der Waals surface area contributed by atoms with E-state index in [1.54, 1.807) is 30.6 Å². The van der Waals surface area contributed by atoms with Gasteiger partial charge >= 0.3 is 0 Å². The van der Waals surface area contributed by atoms with E-state index in [9.17, 15) is 4.79 Å². The number of aromatic nitrogens is 5. The zero-order valence-corrected chi connectivity index (χ0v) is 14.7. The van der Waals surface area contributed by atoms with Gasteiger partial charge in [-0.3, -0.25) is 4.79 Å². The van der Waals surface area contributed by atoms with Gasteiger partial charge in [0.2, 0.25) is 0 Å². The van der Waals surface area contributed by atoms with E-state index >= 15 is 0 Å². The Labute approximate surface area is 150 Å². The predicted molar refractivity (Wildman–Crippen MR) is 90.2 cm³/mol. The van der Waals surface area contributed by atoms with Gasteiger partial charge in [0.25, 0.3) is 5.91 Å². The number of imidazole rings is 1. The van der Waals surface area contributed by atoms with Gasteiger partial charge in [0.15, 0.2) is 17.4 Å². The third kappa shape index (κ3) is 3.01. The van der Waals surface area contributed by atoms with Crippen LogP contribution in [0.15, 0.2) is 35.3 Å². The number of nitrogens with zero attached hydrogens (tertiary/aromatic N) is 6. The summed E-state index contributed by atoms with van der Waals surface area (Å²) in [6.45, 7) is 3.95. The van der Waals surface area contributed by atoms with Crippen molar-refractivity contribution in [3.63, 3.8) is 0 Å². The molecule has 9 nitrogen and oxygen atoms in total. The fraction of sp³-hybridized carbons (Fsp3) is 0.412. The number of furan rings is 1. The van der Waals surface area contributed by atoms with Crippen LogP contribution in [-0.4, -0.2) is 48.8 Å². The average molecular weight is 356 g/mol. The molecule has 3 aromatic rings. The summed E-state index contributed by atoms with van der Waals surface area (Å²) in [5, 5.41) is 8.37. The second-order valence-corrected chi connectivity index (χ2v) is 6.37. The molecular weight excluding hydrogens is 336 g/mol. The van der Waals surface area contributed by atoms with Crippen LogP contribution in [0.1, 0.15) is 40.9 Å². The van der Waals surface area contributed by atoms with E-state index in [2.05, 4.69) is 15.2 Å². The van der Waals surface area contributed by atoms with Gasteiger partial charge in [0, 0.05) is 26.0 Å². The number of amides is 1. The minimum absolute atomic E-state index is 0.0724. The lowest BCUT2D eigenvalue weighted by molar-refractivity contribution is 0.0641. The smallest absolute Gasteiger partial charge is 0.290 e. The number of ether oxygens (including phenoxy) is 1. The van der Waals surface area contributed by atoms with Gasteiger partial charge < -0.3 is 23.2 Å². The van der Waals surface area contributed by atoms with Crippen LogP contribution in [0, 0.1) is 0 Å². The maximum absolute atomic E-state index is 12.8. The van der Waals surface area contributed by atoms with Crippen LogP contribution in [-0.2, 0) is 24.4 Å². The molecule has 26 heavy (non-hydrogen) atoms. The van der Waals surface area contributed by atoms with E-state index in [1.807, 2.05) is 28.3 Å². The molecule has 0 unspecified atom stereocenters. The zero-order valence-electron chi connectivity index (χ0n) is 14.7. The molecule has 1 aliphatic rings. The predicted octanol–water partition coefficient (Wildman–Crippen LogP) is 1.48. The van der Waals surface area contributed by atoms with Crippen molar-refractivity contribution in [3.05, 3.63) is 54.0 Å². The molecule has 0 saturated heterocycles. The molecule has 1 atom stereocenters. The van der Waals surface area contributed by atoms with Gasteiger partial charge in [-0.1, -0.05) is 0 Å². The van der Waals surface area contributed by atoms with E-state index in [1.165, 1.54) is 0 Å². The Morgan fingerprint density at radius 3 is 3.04 bits per heavy atom. The molecule has 3 aromatic heterocycles. The van der Waals surface area contributed by atoms with Crippen molar-refractivity contribution in [1.82, 2.24) is 29.2 Å². The molecule has 1 amide bonds. The quantitative estimate of drug-likeness (QED) is 0.688. The maximum atomic E-state index is 12.8. The molecule has 136 valence electrons. The topological polar surface area (TPSA) is 91.2 Å². The van der Waals surface area contributed by atoms with E-state index in [-0.39, 0.29) is 11.9 Å². The molecule has 4 heterocycles. The second kappa shape index (κ2) is 6.75. The van der Waals surface area contributed by atoms with Crippen molar-refractivity contribution >= 4 is 5.91 Å². The average Bonchev–Trinajstić information content (AvgIpc) is 3.36. The van der Waals surface area contributed by atoms with Crippen LogP contribution in [0.3, 0.4) is 0 Å². The van der Waals surface area contributed by atoms with Crippen LogP contribution in [0.25, 0.3) is 0 Å². The van der Waals surface area contributed by atoms with Gasteiger partial charge in [-0.25, -0.2) is 4.98 Å². The number of rotatable bonds is 5. The number of hydrogen-bond acceptors (Lipinski definition) is 6. The van der Waals surface area contributed by atoms with E-state index < -0.39 is 0 Å². The van der Waals surface area contributed by atoms with E-state index in [0.29, 0.717) is 37.8 Å². The zero-order chi connectivity index (χ0) is 18.1. The summed E-state index contributed by atoms with van der Waals surface area (Å²) >= 11 is 0. The standard InChI is InChI=1S/C17H20N6O3/c1-12-7-22(9-15-19-20-16(10-25-2)23(12)15)17(24)14-4-3-13(26-14)8-21-6-5-18-11-21/h3-6,11-12H,7-10H2,1-2H3/t12-/m0/s1. The molecule has 0 aliphatic carbocycles. The highest BCUT2D eigenvalue weighted by Gasteiger charge is 2.30. The largest absolute Gasteiger partial charge is 0.454 e. The summed E-state index contributed by atoms with van der Waals surface area (Å²) in [6, 6.07) is 3.61. The monoisotopic (exact) mass is 356 g/mol. The van der Waals surface area contributed by atoms with Gasteiger partial charge in [-0.05, 0) is 19.1 Å². The minimum atomic E-state index is -0.142. The third-order valence-corrected chi connectivity index (χ3v) is 4.43. The van der Waals surface area contributed by atoms with Crippen LogP contribution >= 0.6 is 0 Å². The first-order valence-electron chi connectivity index (χ1n) is 8.41. The summed E-state index contributed by atoms with van der Waals surface area (Å²) in [5.41, 5.74) is 0. The summed E-state index contributed by atoms with van der Waals surface area (Å²) < 4.78 is 14.8. The van der Waals surface area contributed by atoms with Crippen LogP contribution in [0.5, 0.6) is 0 Å². The van der Waals surface area contributed by atoms with Crippen LogP contribution < -0.4 is 0 Å². The van der Waals surface area contributed by atoms with Gasteiger partial charge in [0.05, 0.1) is 25.5 Å². The molecule has 0 saturated carbocycles. The Morgan fingerprint density at radius 1 is 1.38 bits per heavy atom. The van der Waals surface area contributed by atoms with Crippen molar-refractivity contribution in [2.75, 3.05) is 13.7 Å².